The van der Waals surface area contributed by atoms with E-state index >= 15 is 0 Å². The van der Waals surface area contributed by atoms with Crippen LogP contribution < -0.4 is 16.6 Å². The number of likely N-dealkylation sites (tertiary alicyclic amines) is 1. The van der Waals surface area contributed by atoms with Gasteiger partial charge in [-0.1, -0.05) is 6.07 Å². The molecule has 3 heterocycles. The molecule has 1 aliphatic heterocycles. The minimum absolute atomic E-state index is 0.0148. The van der Waals surface area contributed by atoms with E-state index < -0.39 is 17.1 Å². The van der Waals surface area contributed by atoms with Gasteiger partial charge in [-0.05, 0) is 99.0 Å². The third-order valence-electron chi connectivity index (χ3n) is 7.19. The van der Waals surface area contributed by atoms with Gasteiger partial charge in [0.2, 0.25) is 5.91 Å². The molecule has 2 aliphatic rings. The van der Waals surface area contributed by atoms with Crippen LogP contribution >= 0.6 is 22.6 Å². The second kappa shape index (κ2) is 9.81. The summed E-state index contributed by atoms with van der Waals surface area (Å²) in [5, 5.41) is 3.23. The molecular formula is C25H27FIN5O3. The van der Waals surface area contributed by atoms with Gasteiger partial charge in [-0.2, -0.15) is 0 Å². The molecule has 1 amide bonds. The maximum absolute atomic E-state index is 14.1. The highest BCUT2D eigenvalue weighted by atomic mass is 127. The Balaban J connectivity index is 1.47. The minimum Gasteiger partial charge on any atom is -0.352 e. The van der Waals surface area contributed by atoms with Gasteiger partial charge in [-0.25, -0.2) is 18.7 Å². The lowest BCUT2D eigenvalue weighted by Crippen LogP contribution is -2.48. The zero-order valence-corrected chi connectivity index (χ0v) is 21.6. The number of nitrogens with zero attached hydrogens (tertiary/aromatic N) is 4. The van der Waals surface area contributed by atoms with Crippen molar-refractivity contribution in [2.24, 2.45) is 0 Å². The van der Waals surface area contributed by atoms with Gasteiger partial charge in [0, 0.05) is 15.7 Å². The Morgan fingerprint density at radius 3 is 2.60 bits per heavy atom. The summed E-state index contributed by atoms with van der Waals surface area (Å²) in [4.78, 5) is 45.9. The molecule has 1 aliphatic carbocycles. The van der Waals surface area contributed by atoms with Crippen molar-refractivity contribution in [3.8, 4) is 5.69 Å². The molecular weight excluding hydrogens is 564 g/mol. The maximum Gasteiger partial charge on any atom is 0.337 e. The number of rotatable bonds is 4. The summed E-state index contributed by atoms with van der Waals surface area (Å²) in [6, 6.07) is 8.07. The molecule has 1 saturated heterocycles. The van der Waals surface area contributed by atoms with Gasteiger partial charge in [-0.15, -0.1) is 0 Å². The molecule has 2 fully saturated rings. The van der Waals surface area contributed by atoms with E-state index in [1.54, 1.807) is 6.07 Å². The standard InChI is InChI=1S/C25H27FIN5O3/c1-30-11-3-6-21(30)23(33)29-17-7-9-18(10-8-17)32-24(34)20-12-15(26)14-28-22(20)31(25(32)35)19-5-2-4-16(27)13-19/h2,4-5,12-14,17-18,21H,3,6-11H2,1H3,(H,29,33)/t17?,18?,21-/m1/s1. The molecule has 0 spiro atoms. The van der Waals surface area contributed by atoms with Crippen LogP contribution in [0.3, 0.4) is 0 Å². The molecule has 0 radical (unpaired) electrons. The topological polar surface area (TPSA) is 89.2 Å². The second-order valence-electron chi connectivity index (χ2n) is 9.45. The van der Waals surface area contributed by atoms with Gasteiger partial charge in [0.25, 0.3) is 5.56 Å². The predicted molar refractivity (Wildman–Crippen MR) is 139 cm³/mol. The Morgan fingerprint density at radius 1 is 1.14 bits per heavy atom. The number of carbonyl (C=O) groups is 1. The molecule has 8 nitrogen and oxygen atoms in total. The van der Waals surface area contributed by atoms with Crippen molar-refractivity contribution < 1.29 is 9.18 Å². The van der Waals surface area contributed by atoms with E-state index in [1.165, 1.54) is 9.13 Å². The third-order valence-corrected chi connectivity index (χ3v) is 7.86. The maximum atomic E-state index is 14.1. The van der Waals surface area contributed by atoms with Gasteiger partial charge >= 0.3 is 5.69 Å². The summed E-state index contributed by atoms with van der Waals surface area (Å²) in [5.74, 6) is -0.573. The Hall–Kier alpha value is -2.60. The van der Waals surface area contributed by atoms with Crippen molar-refractivity contribution in [2.45, 2.75) is 56.7 Å². The number of pyridine rings is 1. The van der Waals surface area contributed by atoms with Crippen LogP contribution in [0.15, 0.2) is 46.1 Å². The van der Waals surface area contributed by atoms with E-state index in [9.17, 15) is 18.8 Å². The zero-order chi connectivity index (χ0) is 24.7. The van der Waals surface area contributed by atoms with Crippen molar-refractivity contribution in [3.05, 3.63) is 66.8 Å². The molecule has 1 saturated carbocycles. The SMILES string of the molecule is CN1CCC[C@@H]1C(=O)NC1CCC(n2c(=O)c3cc(F)cnc3n(-c3cccc(I)c3)c2=O)CC1. The van der Waals surface area contributed by atoms with E-state index in [4.69, 9.17) is 0 Å². The van der Waals surface area contributed by atoms with Crippen LogP contribution in [0.2, 0.25) is 0 Å². The first-order valence-electron chi connectivity index (χ1n) is 11.9. The van der Waals surface area contributed by atoms with Crippen LogP contribution in [0.5, 0.6) is 0 Å². The minimum atomic E-state index is -0.628. The smallest absolute Gasteiger partial charge is 0.337 e. The number of likely N-dealkylation sites (N-methyl/N-ethyl adjacent to an activating group) is 1. The quantitative estimate of drug-likeness (QED) is 0.472. The highest BCUT2D eigenvalue weighted by Gasteiger charge is 2.32. The number of carbonyl (C=O) groups excluding carboxylic acids is 1. The third kappa shape index (κ3) is 4.65. The van der Waals surface area contributed by atoms with Crippen LogP contribution in [-0.4, -0.2) is 50.6 Å². The number of nitrogens with one attached hydrogen (secondary N) is 1. The van der Waals surface area contributed by atoms with Gasteiger partial charge in [0.1, 0.15) is 5.82 Å². The van der Waals surface area contributed by atoms with Gasteiger partial charge in [0.15, 0.2) is 5.65 Å². The summed E-state index contributed by atoms with van der Waals surface area (Å²) in [7, 11) is 1.97. The lowest BCUT2D eigenvalue weighted by Gasteiger charge is -2.31. The Bertz CT molecular complexity index is 1400. The molecule has 184 valence electrons. The number of hydrogen-bond donors (Lipinski definition) is 1. The summed E-state index contributed by atoms with van der Waals surface area (Å²) in [5.41, 5.74) is -0.301. The highest BCUT2D eigenvalue weighted by molar-refractivity contribution is 14.1. The van der Waals surface area contributed by atoms with E-state index in [0.29, 0.717) is 31.4 Å². The fraction of sp³-hybridized carbons (Fsp3) is 0.440. The zero-order valence-electron chi connectivity index (χ0n) is 19.4. The molecule has 3 aromatic rings. The molecule has 0 bridgehead atoms. The number of halogens is 2. The Labute approximate surface area is 215 Å². The van der Waals surface area contributed by atoms with Crippen molar-refractivity contribution in [2.75, 3.05) is 13.6 Å². The molecule has 35 heavy (non-hydrogen) atoms. The number of amides is 1. The largest absolute Gasteiger partial charge is 0.352 e. The monoisotopic (exact) mass is 591 g/mol. The van der Waals surface area contributed by atoms with Gasteiger partial charge in [-0.3, -0.25) is 19.1 Å². The first-order chi connectivity index (χ1) is 16.8. The Morgan fingerprint density at radius 2 is 1.91 bits per heavy atom. The fourth-order valence-corrected chi connectivity index (χ4v) is 5.90. The average Bonchev–Trinajstić information content (AvgIpc) is 3.27. The molecule has 10 heteroatoms. The van der Waals surface area contributed by atoms with Crippen LogP contribution in [0.1, 0.15) is 44.6 Å². The van der Waals surface area contributed by atoms with E-state index in [0.717, 1.165) is 35.2 Å². The lowest BCUT2D eigenvalue weighted by atomic mass is 9.90. The molecule has 1 N–H and O–H groups in total. The molecule has 2 aromatic heterocycles. The van der Waals surface area contributed by atoms with E-state index in [1.807, 2.05) is 25.2 Å². The van der Waals surface area contributed by atoms with Crippen molar-refractivity contribution in [3.63, 3.8) is 0 Å². The highest BCUT2D eigenvalue weighted by Crippen LogP contribution is 2.28. The first kappa shape index (κ1) is 24.1. The van der Waals surface area contributed by atoms with Crippen LogP contribution in [0.4, 0.5) is 4.39 Å². The van der Waals surface area contributed by atoms with E-state index in [2.05, 4.69) is 37.8 Å². The normalized spacial score (nSPS) is 23.0. The number of hydrogen-bond acceptors (Lipinski definition) is 5. The van der Waals surface area contributed by atoms with Crippen molar-refractivity contribution >= 4 is 39.5 Å². The second-order valence-corrected chi connectivity index (χ2v) is 10.7. The summed E-state index contributed by atoms with van der Waals surface area (Å²) in [6.45, 7) is 0.928. The summed E-state index contributed by atoms with van der Waals surface area (Å²) >= 11 is 2.16. The molecule has 1 aromatic carbocycles. The van der Waals surface area contributed by atoms with Crippen molar-refractivity contribution in [1.82, 2.24) is 24.3 Å². The van der Waals surface area contributed by atoms with Crippen LogP contribution in [0, 0.1) is 9.39 Å². The summed E-state index contributed by atoms with van der Waals surface area (Å²) in [6.07, 6.45) is 5.39. The number of fused-ring (bicyclic) bond motifs is 1. The number of benzene rings is 1. The van der Waals surface area contributed by atoms with Gasteiger partial charge < -0.3 is 5.32 Å². The van der Waals surface area contributed by atoms with E-state index in [-0.39, 0.29) is 35.1 Å². The first-order valence-corrected chi connectivity index (χ1v) is 13.0. The summed E-state index contributed by atoms with van der Waals surface area (Å²) < 4.78 is 17.6. The molecule has 1 atom stereocenters. The molecule has 0 unspecified atom stereocenters. The lowest BCUT2D eigenvalue weighted by molar-refractivity contribution is -0.126. The number of aromatic nitrogens is 3. The predicted octanol–water partition coefficient (Wildman–Crippen LogP) is 2.99. The van der Waals surface area contributed by atoms with Crippen molar-refractivity contribution in [1.29, 1.82) is 0 Å². The Kier molecular flexibility index (Phi) is 6.75. The van der Waals surface area contributed by atoms with Gasteiger partial charge in [0.05, 0.1) is 23.3 Å². The van der Waals surface area contributed by atoms with Crippen LogP contribution in [-0.2, 0) is 4.79 Å². The average molecular weight is 591 g/mol. The fourth-order valence-electron chi connectivity index (χ4n) is 5.37. The molecule has 5 rings (SSSR count). The van der Waals surface area contributed by atoms with Crippen LogP contribution in [0.25, 0.3) is 16.7 Å².